The van der Waals surface area contributed by atoms with Gasteiger partial charge in [-0.05, 0) is 35.0 Å². The van der Waals surface area contributed by atoms with Crippen LogP contribution in [0.1, 0.15) is 17.3 Å². The molecule has 0 saturated carbocycles. The lowest BCUT2D eigenvalue weighted by Gasteiger charge is -2.11. The molecule has 0 aromatic heterocycles. The van der Waals surface area contributed by atoms with E-state index in [4.69, 9.17) is 10.8 Å². The second-order valence-corrected chi connectivity index (χ2v) is 4.09. The Bertz CT molecular complexity index is 434. The summed E-state index contributed by atoms with van der Waals surface area (Å²) in [5.41, 5.74) is 6.22. The minimum absolute atomic E-state index is 0.252. The first-order valence-corrected chi connectivity index (χ1v) is 5.30. The highest BCUT2D eigenvalue weighted by Crippen LogP contribution is 2.22. The van der Waals surface area contributed by atoms with Crippen LogP contribution in [0.25, 0.3) is 0 Å². The molecular formula is C10H11BrN2O3. The molecule has 16 heavy (non-hydrogen) atoms. The van der Waals surface area contributed by atoms with Gasteiger partial charge in [-0.2, -0.15) is 0 Å². The summed E-state index contributed by atoms with van der Waals surface area (Å²) in [7, 11) is 0. The first-order chi connectivity index (χ1) is 7.43. The van der Waals surface area contributed by atoms with Gasteiger partial charge in [-0.3, -0.25) is 9.59 Å². The lowest BCUT2D eigenvalue weighted by Crippen LogP contribution is -2.38. The van der Waals surface area contributed by atoms with E-state index in [2.05, 4.69) is 21.2 Å². The third kappa shape index (κ3) is 2.73. The summed E-state index contributed by atoms with van der Waals surface area (Å²) in [6.07, 6.45) is 0. The topological polar surface area (TPSA) is 92.4 Å². The Balaban J connectivity index is 2.89. The lowest BCUT2D eigenvalue weighted by atomic mass is 10.1. The van der Waals surface area contributed by atoms with Crippen LogP contribution in [0.4, 0.5) is 5.69 Å². The van der Waals surface area contributed by atoms with Crippen molar-refractivity contribution in [3.05, 3.63) is 28.2 Å². The summed E-state index contributed by atoms with van der Waals surface area (Å²) in [5.74, 6) is -1.60. The third-order valence-corrected chi connectivity index (χ3v) is 2.71. The molecule has 1 amide bonds. The average molecular weight is 287 g/mol. The summed E-state index contributed by atoms with van der Waals surface area (Å²) < 4.78 is 0.600. The lowest BCUT2D eigenvalue weighted by molar-refractivity contribution is -0.138. The molecule has 86 valence electrons. The van der Waals surface area contributed by atoms with Crippen molar-refractivity contribution in [1.29, 1.82) is 0 Å². The molecule has 0 heterocycles. The first kappa shape index (κ1) is 12.5. The quantitative estimate of drug-likeness (QED) is 0.729. The molecule has 0 saturated heterocycles. The highest BCUT2D eigenvalue weighted by Gasteiger charge is 2.17. The molecule has 0 fully saturated rings. The van der Waals surface area contributed by atoms with Crippen molar-refractivity contribution in [1.82, 2.24) is 5.32 Å². The maximum Gasteiger partial charge on any atom is 0.325 e. The minimum Gasteiger partial charge on any atom is -0.480 e. The number of hydrogen-bond acceptors (Lipinski definition) is 3. The fourth-order valence-corrected chi connectivity index (χ4v) is 1.44. The number of para-hydroxylation sites is 1. The number of nitrogens with two attached hydrogens (primary N) is 1. The number of benzene rings is 1. The molecule has 5 nitrogen and oxygen atoms in total. The smallest absolute Gasteiger partial charge is 0.325 e. The van der Waals surface area contributed by atoms with Crippen molar-refractivity contribution in [2.75, 3.05) is 5.73 Å². The molecular weight excluding hydrogens is 276 g/mol. The summed E-state index contributed by atoms with van der Waals surface area (Å²) in [6.45, 7) is 1.38. The number of carbonyl (C=O) groups excluding carboxylic acids is 1. The standard InChI is InChI=1S/C10H11BrN2O3/c1-5(10(15)16)13-9(14)6-3-2-4-7(11)8(6)12/h2-5H,12H2,1H3,(H,13,14)(H,15,16). The van der Waals surface area contributed by atoms with Gasteiger partial charge in [0.1, 0.15) is 6.04 Å². The van der Waals surface area contributed by atoms with Gasteiger partial charge in [0.15, 0.2) is 0 Å². The van der Waals surface area contributed by atoms with E-state index in [0.717, 1.165) is 0 Å². The number of carboxylic acids is 1. The second kappa shape index (κ2) is 4.98. The number of anilines is 1. The number of carboxylic acid groups (broad SMARTS) is 1. The molecule has 0 radical (unpaired) electrons. The number of nitrogen functional groups attached to an aromatic ring is 1. The summed E-state index contributed by atoms with van der Waals surface area (Å²) in [4.78, 5) is 22.2. The second-order valence-electron chi connectivity index (χ2n) is 3.23. The van der Waals surface area contributed by atoms with Crippen LogP contribution in [-0.4, -0.2) is 23.0 Å². The van der Waals surface area contributed by atoms with E-state index in [-0.39, 0.29) is 11.3 Å². The number of carbonyl (C=O) groups is 2. The zero-order chi connectivity index (χ0) is 12.3. The van der Waals surface area contributed by atoms with Crippen molar-refractivity contribution in [3.8, 4) is 0 Å². The van der Waals surface area contributed by atoms with Crippen LogP contribution in [-0.2, 0) is 4.79 Å². The van der Waals surface area contributed by atoms with E-state index in [1.165, 1.54) is 13.0 Å². The maximum absolute atomic E-state index is 11.7. The van der Waals surface area contributed by atoms with E-state index in [1.54, 1.807) is 12.1 Å². The minimum atomic E-state index is -1.10. The SMILES string of the molecule is CC(NC(=O)c1cccc(Br)c1N)C(=O)O. The number of hydrogen-bond donors (Lipinski definition) is 3. The fraction of sp³-hybridized carbons (Fsp3) is 0.200. The fourth-order valence-electron chi connectivity index (χ4n) is 1.07. The van der Waals surface area contributed by atoms with E-state index < -0.39 is 17.9 Å². The van der Waals surface area contributed by atoms with Gasteiger partial charge in [0.2, 0.25) is 0 Å². The van der Waals surface area contributed by atoms with E-state index in [0.29, 0.717) is 4.47 Å². The highest BCUT2D eigenvalue weighted by molar-refractivity contribution is 9.10. The summed E-state index contributed by atoms with van der Waals surface area (Å²) in [5, 5.41) is 11.0. The molecule has 1 aromatic rings. The van der Waals surface area contributed by atoms with Crippen LogP contribution >= 0.6 is 15.9 Å². The Morgan fingerprint density at radius 2 is 2.12 bits per heavy atom. The monoisotopic (exact) mass is 286 g/mol. The van der Waals surface area contributed by atoms with Gasteiger partial charge in [0.25, 0.3) is 5.91 Å². The molecule has 1 atom stereocenters. The largest absolute Gasteiger partial charge is 0.480 e. The number of amides is 1. The normalized spacial score (nSPS) is 11.9. The Morgan fingerprint density at radius 1 is 1.50 bits per heavy atom. The Morgan fingerprint density at radius 3 is 2.69 bits per heavy atom. The van der Waals surface area contributed by atoms with E-state index in [9.17, 15) is 9.59 Å². The molecule has 0 bridgehead atoms. The van der Waals surface area contributed by atoms with Gasteiger partial charge in [0, 0.05) is 4.47 Å². The van der Waals surface area contributed by atoms with Gasteiger partial charge in [0.05, 0.1) is 11.3 Å². The van der Waals surface area contributed by atoms with Gasteiger partial charge < -0.3 is 16.2 Å². The molecule has 0 aliphatic heterocycles. The average Bonchev–Trinajstić information content (AvgIpc) is 2.21. The van der Waals surface area contributed by atoms with Crippen LogP contribution in [0, 0.1) is 0 Å². The predicted octanol–water partition coefficient (Wildman–Crippen LogP) is 1.23. The number of nitrogens with one attached hydrogen (secondary N) is 1. The van der Waals surface area contributed by atoms with Crippen molar-refractivity contribution in [2.24, 2.45) is 0 Å². The van der Waals surface area contributed by atoms with Crippen molar-refractivity contribution >= 4 is 33.5 Å². The zero-order valence-electron chi connectivity index (χ0n) is 8.53. The summed E-state index contributed by atoms with van der Waals surface area (Å²) >= 11 is 3.19. The molecule has 1 unspecified atom stereocenters. The molecule has 1 rings (SSSR count). The predicted molar refractivity (Wildman–Crippen MR) is 63.1 cm³/mol. The molecule has 0 aliphatic rings. The Labute approximate surface area is 101 Å². The zero-order valence-corrected chi connectivity index (χ0v) is 10.1. The van der Waals surface area contributed by atoms with E-state index >= 15 is 0 Å². The number of rotatable bonds is 3. The molecule has 6 heteroatoms. The third-order valence-electron chi connectivity index (χ3n) is 2.02. The van der Waals surface area contributed by atoms with Crippen LogP contribution in [0.5, 0.6) is 0 Å². The van der Waals surface area contributed by atoms with E-state index in [1.807, 2.05) is 0 Å². The molecule has 4 N–H and O–H groups in total. The van der Waals surface area contributed by atoms with Gasteiger partial charge in [-0.25, -0.2) is 0 Å². The summed E-state index contributed by atoms with van der Waals surface area (Å²) in [6, 6.07) is 3.93. The first-order valence-electron chi connectivity index (χ1n) is 4.51. The maximum atomic E-state index is 11.7. The van der Waals surface area contributed by atoms with Crippen LogP contribution in [0.15, 0.2) is 22.7 Å². The van der Waals surface area contributed by atoms with Crippen molar-refractivity contribution in [3.63, 3.8) is 0 Å². The molecule has 1 aromatic carbocycles. The molecule has 0 spiro atoms. The number of halogens is 1. The van der Waals surface area contributed by atoms with Crippen LogP contribution in [0.3, 0.4) is 0 Å². The van der Waals surface area contributed by atoms with Crippen LogP contribution in [0.2, 0.25) is 0 Å². The van der Waals surface area contributed by atoms with Crippen LogP contribution < -0.4 is 11.1 Å². The van der Waals surface area contributed by atoms with Gasteiger partial charge in [-0.15, -0.1) is 0 Å². The Hall–Kier alpha value is -1.56. The Kier molecular flexibility index (Phi) is 3.89. The molecule has 0 aliphatic carbocycles. The van der Waals surface area contributed by atoms with Gasteiger partial charge >= 0.3 is 5.97 Å². The number of aliphatic carboxylic acids is 1. The van der Waals surface area contributed by atoms with Crippen molar-refractivity contribution in [2.45, 2.75) is 13.0 Å². The highest BCUT2D eigenvalue weighted by atomic mass is 79.9. The van der Waals surface area contributed by atoms with Gasteiger partial charge in [-0.1, -0.05) is 6.07 Å². The van der Waals surface area contributed by atoms with Crippen molar-refractivity contribution < 1.29 is 14.7 Å².